The molecule has 7 heavy (non-hydrogen) atoms. The second-order valence-corrected chi connectivity index (χ2v) is 3.80. The summed E-state index contributed by atoms with van der Waals surface area (Å²) in [5.41, 5.74) is 0. The summed E-state index contributed by atoms with van der Waals surface area (Å²) in [6, 6.07) is 0. The van der Waals surface area contributed by atoms with Gasteiger partial charge in [-0.15, -0.1) is 0 Å². The van der Waals surface area contributed by atoms with Crippen LogP contribution in [-0.4, -0.2) is 6.54 Å². The van der Waals surface area contributed by atoms with Crippen LogP contribution in [0.25, 0.3) is 0 Å². The van der Waals surface area contributed by atoms with Gasteiger partial charge in [-0.2, -0.15) is 0 Å². The number of nitrogens with one attached hydrogen (secondary N) is 1. The van der Waals surface area contributed by atoms with E-state index in [0.717, 1.165) is 0 Å². The van der Waals surface area contributed by atoms with Crippen LogP contribution in [0.5, 0.6) is 0 Å². The number of hydrogen-bond acceptors (Lipinski definition) is 1. The molecule has 40 valence electrons. The Balaban J connectivity index is 2.04. The third-order valence-electron chi connectivity index (χ3n) is 1.23. The van der Waals surface area contributed by atoms with E-state index in [-0.39, 0.29) is 0 Å². The standard InChI is InChI=1S/C5H11N.Ti/c1-2-3-4-5-6;/h6H,1-5H2;/q-1;+1. The molecule has 0 saturated carbocycles. The third kappa shape index (κ3) is 2.48. The van der Waals surface area contributed by atoms with Gasteiger partial charge in [-0.25, -0.2) is 0 Å². The topological polar surface area (TPSA) is 12.0 Å². The predicted molar refractivity (Wildman–Crippen MR) is 26.7 cm³/mol. The Morgan fingerprint density at radius 2 is 2.14 bits per heavy atom. The third-order valence-corrected chi connectivity index (χ3v) is 2.95. The molecule has 0 spiro atoms. The van der Waals surface area contributed by atoms with Gasteiger partial charge < -0.3 is 0 Å². The monoisotopic (exact) mass is 133 g/mol. The minimum atomic E-state index is 0.326. The fourth-order valence-electron chi connectivity index (χ4n) is 0.780. The molecule has 1 N–H and O–H groups in total. The van der Waals surface area contributed by atoms with Crippen LogP contribution in [0.1, 0.15) is 19.3 Å². The van der Waals surface area contributed by atoms with Gasteiger partial charge in [0.1, 0.15) is 0 Å². The van der Waals surface area contributed by atoms with Gasteiger partial charge in [0.2, 0.25) is 0 Å². The van der Waals surface area contributed by atoms with E-state index in [1.54, 1.807) is 0 Å². The van der Waals surface area contributed by atoms with Crippen molar-refractivity contribution in [3.8, 4) is 0 Å². The summed E-state index contributed by atoms with van der Waals surface area (Å²) in [5, 5.41) is 0. The molecule has 1 fully saturated rings. The fourth-order valence-corrected chi connectivity index (χ4v) is 2.27. The van der Waals surface area contributed by atoms with Crippen molar-refractivity contribution in [2.45, 2.75) is 24.0 Å². The average Bonchev–Trinajstić information content (AvgIpc) is 1.90. The van der Waals surface area contributed by atoms with E-state index in [1.807, 2.05) is 0 Å². The first kappa shape index (κ1) is 5.80. The van der Waals surface area contributed by atoms with Crippen LogP contribution in [0, 0.1) is 0 Å². The van der Waals surface area contributed by atoms with E-state index >= 15 is 0 Å². The molecule has 1 saturated heterocycles. The van der Waals surface area contributed by atoms with Crippen molar-refractivity contribution in [2.75, 3.05) is 6.54 Å². The molecule has 1 nitrogen and oxygen atoms in total. The van der Waals surface area contributed by atoms with Crippen molar-refractivity contribution in [1.29, 1.82) is 0 Å². The van der Waals surface area contributed by atoms with Gasteiger partial charge in [-0.1, -0.05) is 0 Å². The Morgan fingerprint density at radius 1 is 1.14 bits per heavy atom. The van der Waals surface area contributed by atoms with Crippen LogP contribution in [0.2, 0.25) is 4.73 Å². The molecule has 0 radical (unpaired) electrons. The molecule has 2 heteroatoms. The van der Waals surface area contributed by atoms with E-state index in [0.29, 0.717) is 19.4 Å². The molecule has 1 heterocycles. The quantitative estimate of drug-likeness (QED) is 0.489. The average molecular weight is 133 g/mol. The van der Waals surface area contributed by atoms with Crippen LogP contribution < -0.4 is 3.80 Å². The molecule has 1 aliphatic heterocycles. The predicted octanol–water partition coefficient (Wildman–Crippen LogP) is 1.18. The van der Waals surface area contributed by atoms with Gasteiger partial charge in [0.05, 0.1) is 0 Å². The second-order valence-electron chi connectivity index (χ2n) is 1.91. The van der Waals surface area contributed by atoms with Crippen LogP contribution in [-0.2, 0) is 19.4 Å². The zero-order chi connectivity index (χ0) is 4.95. The Bertz CT molecular complexity index is 27.7. The Kier molecular flexibility index (Phi) is 3.03. The van der Waals surface area contributed by atoms with Crippen molar-refractivity contribution in [1.82, 2.24) is 3.80 Å². The van der Waals surface area contributed by atoms with Crippen molar-refractivity contribution in [2.24, 2.45) is 0 Å². The van der Waals surface area contributed by atoms with E-state index in [1.165, 1.54) is 30.5 Å². The molecule has 1 rings (SSSR count). The van der Waals surface area contributed by atoms with E-state index < -0.39 is 0 Å². The summed E-state index contributed by atoms with van der Waals surface area (Å²) in [7, 11) is 0. The first-order chi connectivity index (χ1) is 3.50. The van der Waals surface area contributed by atoms with E-state index in [9.17, 15) is 0 Å². The van der Waals surface area contributed by atoms with Crippen LogP contribution in [0.3, 0.4) is 0 Å². The molecule has 1 aliphatic rings. The van der Waals surface area contributed by atoms with Gasteiger partial charge >= 0.3 is 53.7 Å². The van der Waals surface area contributed by atoms with Crippen LogP contribution >= 0.6 is 0 Å². The molecule has 0 aromatic heterocycles. The summed E-state index contributed by atoms with van der Waals surface area (Å²) >= 11 is 0.326. The molecule has 0 aliphatic carbocycles. The van der Waals surface area contributed by atoms with Gasteiger partial charge in [-0.3, -0.25) is 0 Å². The number of hydrogen-bond donors (Lipinski definition) is 1. The molecule has 0 bridgehead atoms. The van der Waals surface area contributed by atoms with E-state index in [2.05, 4.69) is 3.80 Å². The van der Waals surface area contributed by atoms with Crippen molar-refractivity contribution in [3.05, 3.63) is 0 Å². The van der Waals surface area contributed by atoms with Gasteiger partial charge in [-0.05, 0) is 0 Å². The Labute approximate surface area is 54.1 Å². The summed E-state index contributed by atoms with van der Waals surface area (Å²) in [5.74, 6) is 0. The summed E-state index contributed by atoms with van der Waals surface area (Å²) in [6.07, 6.45) is 4.38. The maximum atomic E-state index is 3.47. The summed E-state index contributed by atoms with van der Waals surface area (Å²) in [6.45, 7) is 1.31. The van der Waals surface area contributed by atoms with Gasteiger partial charge in [0.25, 0.3) is 0 Å². The summed E-state index contributed by atoms with van der Waals surface area (Å²) < 4.78 is 4.99. The fraction of sp³-hybridized carbons (Fsp3) is 1.00. The molecule has 0 amide bonds. The van der Waals surface area contributed by atoms with E-state index in [4.69, 9.17) is 0 Å². The SMILES string of the molecule is C1CC[NH][Ti][CH2]C1. The molecule has 0 aromatic rings. The first-order valence-electron chi connectivity index (χ1n) is 2.96. The van der Waals surface area contributed by atoms with Crippen molar-refractivity contribution >= 4 is 0 Å². The maximum absolute atomic E-state index is 3.47. The molecule has 0 aromatic carbocycles. The first-order valence-corrected chi connectivity index (χ1v) is 4.84. The summed E-state index contributed by atoms with van der Waals surface area (Å²) in [4.78, 5) is 0. The van der Waals surface area contributed by atoms with Crippen LogP contribution in [0.4, 0.5) is 0 Å². The van der Waals surface area contributed by atoms with Crippen LogP contribution in [0.15, 0.2) is 0 Å². The Hall–Kier alpha value is 0.674. The number of rotatable bonds is 0. The van der Waals surface area contributed by atoms with Crippen molar-refractivity contribution in [3.63, 3.8) is 0 Å². The molecule has 0 atom stereocenters. The Morgan fingerprint density at radius 3 is 3.14 bits per heavy atom. The zero-order valence-electron chi connectivity index (χ0n) is 4.54. The molecule has 0 unspecified atom stereocenters. The second kappa shape index (κ2) is 3.65. The zero-order valence-corrected chi connectivity index (χ0v) is 6.10. The normalized spacial score (nSPS) is 22.9. The van der Waals surface area contributed by atoms with Gasteiger partial charge in [0, 0.05) is 0 Å². The molecular formula is C5H11NTi. The van der Waals surface area contributed by atoms with Crippen molar-refractivity contribution < 1.29 is 19.4 Å². The minimum absolute atomic E-state index is 0.326. The van der Waals surface area contributed by atoms with Gasteiger partial charge in [0.15, 0.2) is 0 Å². The molecular weight excluding hydrogens is 122 g/mol.